The quantitative estimate of drug-likeness (QED) is 0.578. The monoisotopic (exact) mass is 403 g/mol. The smallest absolute Gasteiger partial charge is 0.341 e. The first-order valence-electron chi connectivity index (χ1n) is 8.97. The van der Waals surface area contributed by atoms with Crippen molar-refractivity contribution in [2.75, 3.05) is 36.7 Å². The molecule has 0 radical (unpaired) electrons. The number of hydrogen-bond donors (Lipinski definition) is 2. The van der Waals surface area contributed by atoms with Crippen LogP contribution in [0, 0.1) is 5.92 Å². The van der Waals surface area contributed by atoms with Crippen LogP contribution in [-0.4, -0.2) is 32.3 Å². The van der Waals surface area contributed by atoms with Crippen LogP contribution < -0.4 is 15.5 Å². The second-order valence-corrected chi connectivity index (χ2v) is 8.58. The Hall–Kier alpha value is -2.12. The minimum Gasteiger partial charge on any atom is -0.465 e. The molecule has 1 heterocycles. The highest BCUT2D eigenvalue weighted by Gasteiger charge is 2.28. The van der Waals surface area contributed by atoms with Crippen molar-refractivity contribution in [2.24, 2.45) is 5.92 Å². The van der Waals surface area contributed by atoms with E-state index in [9.17, 15) is 4.79 Å². The number of fused-ring (bicyclic) bond motifs is 1. The Morgan fingerprint density at radius 3 is 2.59 bits per heavy atom. The fourth-order valence-electron chi connectivity index (χ4n) is 3.27. The maximum Gasteiger partial charge on any atom is 0.341 e. The zero-order valence-corrected chi connectivity index (χ0v) is 17.7. The molecule has 1 aromatic heterocycles. The standard InChI is InChI=1S/C20H25N3O2S2/c1-12-5-10-15-16(11-12)27-18(17(15)19(24)25-4)22-20(26)21-13-6-8-14(9-7-13)23(2)3/h6-9,12H,5,10-11H2,1-4H3,(H2,21,22,26). The van der Waals surface area contributed by atoms with Crippen LogP contribution in [0.3, 0.4) is 0 Å². The van der Waals surface area contributed by atoms with Crippen molar-refractivity contribution in [3.8, 4) is 0 Å². The topological polar surface area (TPSA) is 53.6 Å². The zero-order valence-electron chi connectivity index (χ0n) is 16.1. The van der Waals surface area contributed by atoms with Gasteiger partial charge in [0.05, 0.1) is 12.7 Å². The van der Waals surface area contributed by atoms with E-state index in [0.29, 0.717) is 16.6 Å². The third-order valence-corrected chi connectivity index (χ3v) is 6.14. The number of carbonyl (C=O) groups excluding carboxylic acids is 1. The first kappa shape index (κ1) is 19.6. The van der Waals surface area contributed by atoms with Gasteiger partial charge in [-0.15, -0.1) is 11.3 Å². The molecule has 7 heteroatoms. The van der Waals surface area contributed by atoms with Crippen molar-refractivity contribution in [1.82, 2.24) is 0 Å². The molecule has 0 fully saturated rings. The van der Waals surface area contributed by atoms with Gasteiger partial charge in [-0.2, -0.15) is 0 Å². The lowest BCUT2D eigenvalue weighted by molar-refractivity contribution is 0.0601. The normalized spacial score (nSPS) is 15.6. The van der Waals surface area contributed by atoms with Crippen LogP contribution in [0.5, 0.6) is 0 Å². The van der Waals surface area contributed by atoms with Crippen LogP contribution in [0.15, 0.2) is 24.3 Å². The van der Waals surface area contributed by atoms with Gasteiger partial charge < -0.3 is 20.3 Å². The van der Waals surface area contributed by atoms with Crippen LogP contribution in [0.4, 0.5) is 16.4 Å². The number of methoxy groups -OCH3 is 1. The lowest BCUT2D eigenvalue weighted by Crippen LogP contribution is -2.20. The minimum absolute atomic E-state index is 0.303. The molecule has 0 bridgehead atoms. The molecule has 1 aliphatic carbocycles. The Morgan fingerprint density at radius 1 is 1.26 bits per heavy atom. The fraction of sp³-hybridized carbons (Fsp3) is 0.400. The van der Waals surface area contributed by atoms with E-state index in [1.165, 1.54) is 12.0 Å². The molecule has 2 N–H and O–H groups in total. The van der Waals surface area contributed by atoms with E-state index in [4.69, 9.17) is 17.0 Å². The molecule has 5 nitrogen and oxygen atoms in total. The van der Waals surface area contributed by atoms with Gasteiger partial charge in [-0.3, -0.25) is 0 Å². The number of nitrogens with zero attached hydrogens (tertiary/aromatic N) is 1. The molecule has 2 aromatic rings. The number of thiocarbonyl (C=S) groups is 1. The summed E-state index contributed by atoms with van der Waals surface area (Å²) in [5.41, 5.74) is 3.77. The van der Waals surface area contributed by atoms with E-state index in [0.717, 1.165) is 41.2 Å². The molecular formula is C20H25N3O2S2. The first-order valence-corrected chi connectivity index (χ1v) is 10.2. The summed E-state index contributed by atoms with van der Waals surface area (Å²) in [6.07, 6.45) is 3.00. The number of benzene rings is 1. The number of rotatable bonds is 4. The average molecular weight is 404 g/mol. The fourth-order valence-corrected chi connectivity index (χ4v) is 4.95. The van der Waals surface area contributed by atoms with Crippen molar-refractivity contribution in [3.63, 3.8) is 0 Å². The summed E-state index contributed by atoms with van der Waals surface area (Å²) < 4.78 is 5.02. The highest BCUT2D eigenvalue weighted by Crippen LogP contribution is 2.40. The Labute approximate surface area is 169 Å². The highest BCUT2D eigenvalue weighted by molar-refractivity contribution is 7.80. The van der Waals surface area contributed by atoms with Crippen molar-refractivity contribution < 1.29 is 9.53 Å². The van der Waals surface area contributed by atoms with Gasteiger partial charge >= 0.3 is 5.97 Å². The third kappa shape index (κ3) is 4.42. The summed E-state index contributed by atoms with van der Waals surface area (Å²) >= 11 is 7.08. The zero-order chi connectivity index (χ0) is 19.6. The van der Waals surface area contributed by atoms with Gasteiger partial charge in [0.15, 0.2) is 5.11 Å². The highest BCUT2D eigenvalue weighted by atomic mass is 32.1. The van der Waals surface area contributed by atoms with Gasteiger partial charge in [0.25, 0.3) is 0 Å². The Balaban J connectivity index is 1.78. The predicted octanol–water partition coefficient (Wildman–Crippen LogP) is 4.53. The van der Waals surface area contributed by atoms with Gasteiger partial charge in [-0.05, 0) is 67.2 Å². The van der Waals surface area contributed by atoms with E-state index in [1.54, 1.807) is 11.3 Å². The maximum absolute atomic E-state index is 12.4. The molecule has 1 aromatic carbocycles. The summed E-state index contributed by atoms with van der Waals surface area (Å²) in [4.78, 5) is 15.7. The molecule has 1 unspecified atom stereocenters. The molecular weight excluding hydrogens is 378 g/mol. The lowest BCUT2D eigenvalue weighted by Gasteiger charge is -2.18. The molecule has 3 rings (SSSR count). The van der Waals surface area contributed by atoms with Crippen LogP contribution >= 0.6 is 23.6 Å². The third-order valence-electron chi connectivity index (χ3n) is 4.77. The van der Waals surface area contributed by atoms with Crippen LogP contribution in [0.25, 0.3) is 0 Å². The number of carbonyl (C=O) groups is 1. The molecule has 0 saturated heterocycles. The number of ether oxygens (including phenoxy) is 1. The maximum atomic E-state index is 12.4. The van der Waals surface area contributed by atoms with Gasteiger partial charge in [0, 0.05) is 30.3 Å². The van der Waals surface area contributed by atoms with E-state index < -0.39 is 0 Å². The number of nitrogens with one attached hydrogen (secondary N) is 2. The molecule has 27 heavy (non-hydrogen) atoms. The van der Waals surface area contributed by atoms with Crippen LogP contribution in [-0.2, 0) is 17.6 Å². The van der Waals surface area contributed by atoms with Crippen LogP contribution in [0.2, 0.25) is 0 Å². The minimum atomic E-state index is -0.303. The van der Waals surface area contributed by atoms with E-state index in [1.807, 2.05) is 43.3 Å². The van der Waals surface area contributed by atoms with Gasteiger partial charge in [-0.25, -0.2) is 4.79 Å². The molecule has 0 amide bonds. The van der Waals surface area contributed by atoms with Gasteiger partial charge in [-0.1, -0.05) is 6.92 Å². The molecule has 144 valence electrons. The molecule has 1 aliphatic rings. The van der Waals surface area contributed by atoms with E-state index in [-0.39, 0.29) is 5.97 Å². The van der Waals surface area contributed by atoms with Crippen molar-refractivity contribution in [2.45, 2.75) is 26.2 Å². The largest absolute Gasteiger partial charge is 0.465 e. The van der Waals surface area contributed by atoms with E-state index >= 15 is 0 Å². The summed E-state index contributed by atoms with van der Waals surface area (Å²) in [6.45, 7) is 2.25. The number of esters is 1. The summed E-state index contributed by atoms with van der Waals surface area (Å²) in [5.74, 6) is 0.331. The first-order chi connectivity index (χ1) is 12.9. The predicted molar refractivity (Wildman–Crippen MR) is 117 cm³/mol. The molecule has 0 spiro atoms. The number of thiophene rings is 1. The Kier molecular flexibility index (Phi) is 6.01. The number of anilines is 3. The average Bonchev–Trinajstić information content (AvgIpc) is 2.98. The van der Waals surface area contributed by atoms with Gasteiger partial charge in [0.1, 0.15) is 5.00 Å². The van der Waals surface area contributed by atoms with Crippen molar-refractivity contribution >= 4 is 51.0 Å². The molecule has 0 aliphatic heterocycles. The molecule has 1 atom stereocenters. The Bertz CT molecular complexity index is 844. The van der Waals surface area contributed by atoms with E-state index in [2.05, 4.69) is 17.6 Å². The Morgan fingerprint density at radius 2 is 1.96 bits per heavy atom. The second-order valence-electron chi connectivity index (χ2n) is 7.07. The van der Waals surface area contributed by atoms with Crippen molar-refractivity contribution in [1.29, 1.82) is 0 Å². The number of hydrogen-bond acceptors (Lipinski definition) is 5. The lowest BCUT2D eigenvalue weighted by atomic mass is 9.88. The summed E-state index contributed by atoms with van der Waals surface area (Å²) in [5, 5.41) is 7.63. The summed E-state index contributed by atoms with van der Waals surface area (Å²) in [7, 11) is 5.43. The molecule has 0 saturated carbocycles. The summed E-state index contributed by atoms with van der Waals surface area (Å²) in [6, 6.07) is 8.00. The van der Waals surface area contributed by atoms with Crippen molar-refractivity contribution in [3.05, 3.63) is 40.3 Å². The van der Waals surface area contributed by atoms with Gasteiger partial charge in [0.2, 0.25) is 0 Å². The van der Waals surface area contributed by atoms with Crippen LogP contribution in [0.1, 0.15) is 34.1 Å². The SMILES string of the molecule is COC(=O)c1c(NC(=S)Nc2ccc(N(C)C)cc2)sc2c1CCC(C)C2. The second kappa shape index (κ2) is 8.27.